The molecule has 0 bridgehead atoms. The zero-order valence-corrected chi connectivity index (χ0v) is 12.5. The van der Waals surface area contributed by atoms with Crippen LogP contribution in [-0.4, -0.2) is 4.92 Å². The zero-order valence-electron chi connectivity index (χ0n) is 11.7. The predicted molar refractivity (Wildman–Crippen MR) is 81.0 cm³/mol. The first-order valence-electron chi connectivity index (χ1n) is 6.36. The fourth-order valence-electron chi connectivity index (χ4n) is 1.88. The Balaban J connectivity index is 2.34. The third-order valence-corrected chi connectivity index (χ3v) is 4.14. The molecule has 2 aromatic carbocycles. The lowest BCUT2D eigenvalue weighted by molar-refractivity contribution is -0.384. The van der Waals surface area contributed by atoms with Crippen molar-refractivity contribution >= 4 is 17.4 Å². The van der Waals surface area contributed by atoms with Crippen LogP contribution in [0.25, 0.3) is 0 Å². The van der Waals surface area contributed by atoms with E-state index in [2.05, 4.69) is 0 Å². The lowest BCUT2D eigenvalue weighted by atomic mass is 10.1. The van der Waals surface area contributed by atoms with Gasteiger partial charge in [-0.05, 0) is 49.2 Å². The largest absolute Gasteiger partial charge is 0.324 e. The van der Waals surface area contributed by atoms with E-state index in [1.54, 1.807) is 32.0 Å². The van der Waals surface area contributed by atoms with E-state index in [1.807, 2.05) is 0 Å². The van der Waals surface area contributed by atoms with Gasteiger partial charge in [0, 0.05) is 28.0 Å². The van der Waals surface area contributed by atoms with Crippen LogP contribution in [-0.2, 0) is 0 Å². The minimum Gasteiger partial charge on any atom is -0.324 e. The third kappa shape index (κ3) is 3.59. The molecule has 6 heteroatoms. The second kappa shape index (κ2) is 6.24. The first-order chi connectivity index (χ1) is 9.88. The Kier molecular flexibility index (Phi) is 4.59. The van der Waals surface area contributed by atoms with Gasteiger partial charge in [0.25, 0.3) is 5.69 Å². The van der Waals surface area contributed by atoms with Crippen LogP contribution in [0.5, 0.6) is 0 Å². The van der Waals surface area contributed by atoms with Crippen molar-refractivity contribution in [3.8, 4) is 0 Å². The average molecular weight is 306 g/mol. The van der Waals surface area contributed by atoms with Crippen LogP contribution in [0.1, 0.15) is 24.1 Å². The van der Waals surface area contributed by atoms with Gasteiger partial charge in [-0.3, -0.25) is 10.1 Å². The molecule has 0 aliphatic carbocycles. The molecule has 0 fully saturated rings. The summed E-state index contributed by atoms with van der Waals surface area (Å²) in [7, 11) is 0. The molecule has 0 radical (unpaired) electrons. The first kappa shape index (κ1) is 15.5. The van der Waals surface area contributed by atoms with E-state index >= 15 is 0 Å². The number of halogens is 1. The molecule has 21 heavy (non-hydrogen) atoms. The quantitative estimate of drug-likeness (QED) is 0.678. The topological polar surface area (TPSA) is 69.2 Å². The van der Waals surface area contributed by atoms with Gasteiger partial charge in [0.05, 0.1) is 4.92 Å². The summed E-state index contributed by atoms with van der Waals surface area (Å²) in [6.07, 6.45) is 0. The summed E-state index contributed by atoms with van der Waals surface area (Å²) < 4.78 is 13.7. The third-order valence-electron chi connectivity index (χ3n) is 3.06. The summed E-state index contributed by atoms with van der Waals surface area (Å²) in [6.45, 7) is 3.49. The van der Waals surface area contributed by atoms with Gasteiger partial charge in [0.2, 0.25) is 0 Å². The van der Waals surface area contributed by atoms with Gasteiger partial charge in [0.15, 0.2) is 0 Å². The maximum absolute atomic E-state index is 13.7. The van der Waals surface area contributed by atoms with Crippen molar-refractivity contribution in [1.29, 1.82) is 0 Å². The molecule has 0 aliphatic rings. The maximum atomic E-state index is 13.7. The second-order valence-electron chi connectivity index (χ2n) is 4.78. The molecule has 2 aromatic rings. The molecule has 2 N–H and O–H groups in total. The predicted octanol–water partition coefficient (Wildman–Crippen LogP) is 4.21. The lowest BCUT2D eigenvalue weighted by Gasteiger charge is -2.14. The molecule has 110 valence electrons. The zero-order chi connectivity index (χ0) is 15.6. The van der Waals surface area contributed by atoms with Crippen LogP contribution < -0.4 is 5.73 Å². The number of hydrogen-bond donors (Lipinski definition) is 1. The van der Waals surface area contributed by atoms with Gasteiger partial charge in [-0.1, -0.05) is 11.8 Å². The minimum atomic E-state index is -0.441. The van der Waals surface area contributed by atoms with Gasteiger partial charge in [-0.25, -0.2) is 4.39 Å². The molecule has 2 rings (SSSR count). The first-order valence-corrected chi connectivity index (χ1v) is 7.18. The lowest BCUT2D eigenvalue weighted by Crippen LogP contribution is -2.07. The summed E-state index contributed by atoms with van der Waals surface area (Å²) in [6, 6.07) is 9.15. The SMILES string of the molecule is Cc1cc(Sc2ccc([N+](=O)[O-])cc2)c([C@@H](C)N)cc1F. The van der Waals surface area contributed by atoms with Gasteiger partial charge in [-0.2, -0.15) is 0 Å². The van der Waals surface area contributed by atoms with Crippen molar-refractivity contribution in [3.05, 3.63) is 63.5 Å². The van der Waals surface area contributed by atoms with E-state index < -0.39 is 4.92 Å². The highest BCUT2D eigenvalue weighted by Crippen LogP contribution is 2.35. The number of hydrogen-bond acceptors (Lipinski definition) is 4. The Hall–Kier alpha value is -1.92. The summed E-state index contributed by atoms with van der Waals surface area (Å²) in [5.41, 5.74) is 7.19. The number of aryl methyl sites for hydroxylation is 1. The van der Waals surface area contributed by atoms with Crippen molar-refractivity contribution in [2.24, 2.45) is 5.73 Å². The summed E-state index contributed by atoms with van der Waals surface area (Å²) >= 11 is 1.42. The molecule has 0 saturated heterocycles. The average Bonchev–Trinajstić information content (AvgIpc) is 2.43. The molecule has 0 heterocycles. The number of nitro benzene ring substituents is 1. The summed E-state index contributed by atoms with van der Waals surface area (Å²) in [5, 5.41) is 10.6. The summed E-state index contributed by atoms with van der Waals surface area (Å²) in [5.74, 6) is -0.282. The van der Waals surface area contributed by atoms with Gasteiger partial charge in [0.1, 0.15) is 5.82 Å². The van der Waals surface area contributed by atoms with Crippen molar-refractivity contribution in [1.82, 2.24) is 0 Å². The number of nitro groups is 1. The van der Waals surface area contributed by atoms with Crippen molar-refractivity contribution in [2.75, 3.05) is 0 Å². The molecule has 0 amide bonds. The maximum Gasteiger partial charge on any atom is 0.269 e. The van der Waals surface area contributed by atoms with Crippen LogP contribution in [0, 0.1) is 22.9 Å². The number of nitrogens with two attached hydrogens (primary N) is 1. The second-order valence-corrected chi connectivity index (χ2v) is 5.90. The van der Waals surface area contributed by atoms with E-state index in [4.69, 9.17) is 5.73 Å². The number of rotatable bonds is 4. The number of nitrogens with zero attached hydrogens (tertiary/aromatic N) is 1. The van der Waals surface area contributed by atoms with Crippen molar-refractivity contribution in [2.45, 2.75) is 29.7 Å². The van der Waals surface area contributed by atoms with Crippen LogP contribution in [0.15, 0.2) is 46.2 Å². The monoisotopic (exact) mass is 306 g/mol. The van der Waals surface area contributed by atoms with Gasteiger partial charge >= 0.3 is 0 Å². The highest BCUT2D eigenvalue weighted by molar-refractivity contribution is 7.99. The Morgan fingerprint density at radius 3 is 2.43 bits per heavy atom. The molecule has 0 aromatic heterocycles. The molecule has 0 aliphatic heterocycles. The molecule has 0 saturated carbocycles. The Bertz CT molecular complexity index is 672. The van der Waals surface area contributed by atoms with E-state index in [0.717, 1.165) is 15.4 Å². The highest BCUT2D eigenvalue weighted by atomic mass is 32.2. The van der Waals surface area contributed by atoms with Crippen LogP contribution in [0.4, 0.5) is 10.1 Å². The van der Waals surface area contributed by atoms with Crippen LogP contribution >= 0.6 is 11.8 Å². The van der Waals surface area contributed by atoms with Crippen molar-refractivity contribution < 1.29 is 9.31 Å². The normalized spacial score (nSPS) is 12.2. The number of non-ortho nitro benzene ring substituents is 1. The molecular weight excluding hydrogens is 291 g/mol. The standard InChI is InChI=1S/C15H15FN2O2S/c1-9-7-15(13(10(2)17)8-14(9)16)21-12-5-3-11(4-6-12)18(19)20/h3-8,10H,17H2,1-2H3/t10-/m1/s1. The fraction of sp³-hybridized carbons (Fsp3) is 0.200. The Labute approximate surface area is 126 Å². The van der Waals surface area contributed by atoms with Crippen LogP contribution in [0.2, 0.25) is 0 Å². The minimum absolute atomic E-state index is 0.0436. The molecule has 0 spiro atoms. The molecule has 0 unspecified atom stereocenters. The van der Waals surface area contributed by atoms with E-state index in [0.29, 0.717) is 5.56 Å². The fourth-order valence-corrected chi connectivity index (χ4v) is 3.00. The van der Waals surface area contributed by atoms with Gasteiger partial charge < -0.3 is 5.73 Å². The van der Waals surface area contributed by atoms with Gasteiger partial charge in [-0.15, -0.1) is 0 Å². The van der Waals surface area contributed by atoms with E-state index in [1.165, 1.54) is 30.0 Å². The smallest absolute Gasteiger partial charge is 0.269 e. The van der Waals surface area contributed by atoms with Crippen molar-refractivity contribution in [3.63, 3.8) is 0 Å². The molecule has 4 nitrogen and oxygen atoms in total. The van der Waals surface area contributed by atoms with Crippen LogP contribution in [0.3, 0.4) is 0 Å². The molecular formula is C15H15FN2O2S. The highest BCUT2D eigenvalue weighted by Gasteiger charge is 2.13. The Morgan fingerprint density at radius 1 is 1.29 bits per heavy atom. The van der Waals surface area contributed by atoms with E-state index in [9.17, 15) is 14.5 Å². The number of benzene rings is 2. The molecule has 1 atom stereocenters. The van der Waals surface area contributed by atoms with E-state index in [-0.39, 0.29) is 17.5 Å². The Morgan fingerprint density at radius 2 is 1.90 bits per heavy atom. The summed E-state index contributed by atoms with van der Waals surface area (Å²) in [4.78, 5) is 11.9.